The highest BCUT2D eigenvalue weighted by Gasteiger charge is 2.09. The zero-order chi connectivity index (χ0) is 16.9. The van der Waals surface area contributed by atoms with Crippen molar-refractivity contribution in [3.8, 4) is 17.2 Å². The van der Waals surface area contributed by atoms with Gasteiger partial charge in [-0.05, 0) is 35.4 Å². The van der Waals surface area contributed by atoms with Crippen LogP contribution in [0.1, 0.15) is 5.56 Å². The average Bonchev–Trinajstić information content (AvgIpc) is 2.62. The van der Waals surface area contributed by atoms with Crippen LogP contribution in [0.5, 0.6) is 0 Å². The molecule has 0 aliphatic carbocycles. The van der Waals surface area contributed by atoms with E-state index in [4.69, 9.17) is 11.0 Å². The van der Waals surface area contributed by atoms with Gasteiger partial charge in [-0.25, -0.2) is 4.98 Å². The largest absolute Gasteiger partial charge is 0.397 e. The summed E-state index contributed by atoms with van der Waals surface area (Å²) in [6.45, 7) is 0. The van der Waals surface area contributed by atoms with Gasteiger partial charge in [0, 0.05) is 31.2 Å². The molecular weight excluding hydrogens is 300 g/mol. The monoisotopic (exact) mass is 316 g/mol. The lowest BCUT2D eigenvalue weighted by Gasteiger charge is -2.11. The van der Waals surface area contributed by atoms with E-state index < -0.39 is 0 Å². The third kappa shape index (κ3) is 3.10. The van der Waals surface area contributed by atoms with Crippen LogP contribution in [0.2, 0.25) is 0 Å². The summed E-state index contributed by atoms with van der Waals surface area (Å²) in [5.74, 6) is 1.03. The maximum atomic E-state index is 9.11. The Morgan fingerprint density at radius 2 is 1.71 bits per heavy atom. The van der Waals surface area contributed by atoms with Gasteiger partial charge < -0.3 is 16.4 Å². The predicted octanol–water partition coefficient (Wildman–Crippen LogP) is 3.38. The zero-order valence-electron chi connectivity index (χ0n) is 13.1. The Morgan fingerprint density at radius 1 is 1.04 bits per heavy atom. The van der Waals surface area contributed by atoms with Crippen molar-refractivity contribution in [3.63, 3.8) is 0 Å². The van der Waals surface area contributed by atoms with E-state index in [1.807, 2.05) is 42.5 Å². The van der Waals surface area contributed by atoms with Gasteiger partial charge in [0.1, 0.15) is 23.3 Å². The third-order valence-corrected chi connectivity index (χ3v) is 3.57. The molecule has 118 valence electrons. The van der Waals surface area contributed by atoms with Crippen LogP contribution < -0.4 is 16.4 Å². The molecule has 0 aliphatic heterocycles. The number of nitrogens with two attached hydrogens (primary N) is 1. The molecule has 3 aromatic rings. The first-order valence-electron chi connectivity index (χ1n) is 7.37. The molecule has 1 aromatic carbocycles. The fraction of sp³-hybridized carbons (Fsp3) is 0.0556. The van der Waals surface area contributed by atoms with E-state index in [1.165, 1.54) is 0 Å². The molecule has 0 unspecified atom stereocenters. The number of hydrogen-bond donors (Lipinski definition) is 3. The average molecular weight is 316 g/mol. The van der Waals surface area contributed by atoms with Gasteiger partial charge in [0.2, 0.25) is 0 Å². The molecule has 24 heavy (non-hydrogen) atoms. The van der Waals surface area contributed by atoms with Gasteiger partial charge in [0.25, 0.3) is 0 Å². The molecule has 0 atom stereocenters. The molecule has 3 rings (SSSR count). The second-order valence-corrected chi connectivity index (χ2v) is 5.12. The second-order valence-electron chi connectivity index (χ2n) is 5.12. The Labute approximate surface area is 140 Å². The van der Waals surface area contributed by atoms with Crippen LogP contribution in [0, 0.1) is 11.3 Å². The molecule has 0 aliphatic rings. The molecule has 2 aromatic heterocycles. The summed E-state index contributed by atoms with van der Waals surface area (Å²) in [6.07, 6.45) is 3.54. The van der Waals surface area contributed by atoms with Crippen LogP contribution in [0.15, 0.2) is 54.9 Å². The van der Waals surface area contributed by atoms with Crippen molar-refractivity contribution in [2.75, 3.05) is 23.4 Å². The lowest BCUT2D eigenvalue weighted by Crippen LogP contribution is -2.04. The highest BCUT2D eigenvalue weighted by Crippen LogP contribution is 2.26. The summed E-state index contributed by atoms with van der Waals surface area (Å²) in [5.41, 5.74) is 9.73. The van der Waals surface area contributed by atoms with Gasteiger partial charge in [-0.15, -0.1) is 0 Å². The molecular formula is C18H16N6. The number of nitrogens with one attached hydrogen (secondary N) is 2. The number of hydrogen-bond acceptors (Lipinski definition) is 6. The number of rotatable bonds is 4. The van der Waals surface area contributed by atoms with Gasteiger partial charge in [0.15, 0.2) is 0 Å². The molecule has 0 saturated carbocycles. The SMILES string of the molecule is CNc1nc(Nc2ccc(-c3ccncc3)cc2)cc(N)c1C#N. The van der Waals surface area contributed by atoms with Crippen molar-refractivity contribution < 1.29 is 0 Å². The van der Waals surface area contributed by atoms with E-state index in [2.05, 4.69) is 20.6 Å². The van der Waals surface area contributed by atoms with Crippen molar-refractivity contribution in [2.24, 2.45) is 0 Å². The fourth-order valence-electron chi connectivity index (χ4n) is 2.37. The summed E-state index contributed by atoms with van der Waals surface area (Å²) < 4.78 is 0. The molecule has 6 nitrogen and oxygen atoms in total. The Morgan fingerprint density at radius 3 is 2.33 bits per heavy atom. The van der Waals surface area contributed by atoms with Crippen LogP contribution in [-0.4, -0.2) is 17.0 Å². The first-order valence-corrected chi connectivity index (χ1v) is 7.37. The molecule has 0 fully saturated rings. The van der Waals surface area contributed by atoms with E-state index in [0.29, 0.717) is 22.9 Å². The number of benzene rings is 1. The Hall–Kier alpha value is -3.59. The smallest absolute Gasteiger partial charge is 0.148 e. The van der Waals surface area contributed by atoms with Crippen LogP contribution in [0.3, 0.4) is 0 Å². The van der Waals surface area contributed by atoms with E-state index in [1.54, 1.807) is 25.5 Å². The highest BCUT2D eigenvalue weighted by atomic mass is 15.1. The third-order valence-electron chi connectivity index (χ3n) is 3.57. The van der Waals surface area contributed by atoms with Crippen LogP contribution in [0.25, 0.3) is 11.1 Å². The number of nitrogen functional groups attached to an aromatic ring is 1. The molecule has 0 radical (unpaired) electrons. The number of anilines is 4. The molecule has 6 heteroatoms. The fourth-order valence-corrected chi connectivity index (χ4v) is 2.37. The number of pyridine rings is 2. The van der Waals surface area contributed by atoms with Crippen molar-refractivity contribution in [1.29, 1.82) is 5.26 Å². The highest BCUT2D eigenvalue weighted by molar-refractivity contribution is 5.73. The first kappa shape index (κ1) is 15.3. The predicted molar refractivity (Wildman–Crippen MR) is 95.9 cm³/mol. The second kappa shape index (κ2) is 6.67. The minimum Gasteiger partial charge on any atom is -0.397 e. The van der Waals surface area contributed by atoms with Gasteiger partial charge in [-0.3, -0.25) is 4.98 Å². The minimum absolute atomic E-state index is 0.344. The van der Waals surface area contributed by atoms with Gasteiger partial charge >= 0.3 is 0 Å². The van der Waals surface area contributed by atoms with Crippen molar-refractivity contribution in [1.82, 2.24) is 9.97 Å². The lowest BCUT2D eigenvalue weighted by atomic mass is 10.1. The van der Waals surface area contributed by atoms with Gasteiger partial charge in [-0.2, -0.15) is 5.26 Å². The van der Waals surface area contributed by atoms with Gasteiger partial charge in [0.05, 0.1) is 5.69 Å². The summed E-state index contributed by atoms with van der Waals surface area (Å²) in [5, 5.41) is 15.2. The number of nitriles is 1. The summed E-state index contributed by atoms with van der Waals surface area (Å²) >= 11 is 0. The minimum atomic E-state index is 0.344. The maximum Gasteiger partial charge on any atom is 0.148 e. The topological polar surface area (TPSA) is 99.7 Å². The number of nitrogens with zero attached hydrogens (tertiary/aromatic N) is 3. The summed E-state index contributed by atoms with van der Waals surface area (Å²) in [6, 6.07) is 15.6. The lowest BCUT2D eigenvalue weighted by molar-refractivity contribution is 1.26. The van der Waals surface area contributed by atoms with E-state index in [0.717, 1.165) is 16.8 Å². The standard InChI is InChI=1S/C18H16N6/c1-21-18-15(11-19)16(20)10-17(24-18)23-14-4-2-12(3-5-14)13-6-8-22-9-7-13/h2-10H,1H3,(H4,20,21,23,24). The van der Waals surface area contributed by atoms with E-state index in [-0.39, 0.29) is 0 Å². The molecule has 2 heterocycles. The zero-order valence-corrected chi connectivity index (χ0v) is 13.1. The quantitative estimate of drug-likeness (QED) is 0.682. The Balaban J connectivity index is 1.84. The van der Waals surface area contributed by atoms with E-state index >= 15 is 0 Å². The van der Waals surface area contributed by atoms with Crippen LogP contribution in [0.4, 0.5) is 23.0 Å². The maximum absolute atomic E-state index is 9.11. The normalized spacial score (nSPS) is 10.0. The van der Waals surface area contributed by atoms with Crippen molar-refractivity contribution in [3.05, 3.63) is 60.4 Å². The molecule has 0 amide bonds. The summed E-state index contributed by atoms with van der Waals surface area (Å²) in [4.78, 5) is 8.39. The van der Waals surface area contributed by atoms with Crippen LogP contribution >= 0.6 is 0 Å². The number of aromatic nitrogens is 2. The summed E-state index contributed by atoms with van der Waals surface area (Å²) in [7, 11) is 1.70. The Kier molecular flexibility index (Phi) is 4.25. The molecule has 4 N–H and O–H groups in total. The molecule has 0 saturated heterocycles. The van der Waals surface area contributed by atoms with Crippen LogP contribution in [-0.2, 0) is 0 Å². The Bertz CT molecular complexity index is 882. The van der Waals surface area contributed by atoms with Gasteiger partial charge in [-0.1, -0.05) is 12.1 Å². The van der Waals surface area contributed by atoms with Crippen molar-refractivity contribution in [2.45, 2.75) is 0 Å². The molecule has 0 spiro atoms. The first-order chi connectivity index (χ1) is 11.7. The molecule has 0 bridgehead atoms. The van der Waals surface area contributed by atoms with E-state index in [9.17, 15) is 0 Å². The van der Waals surface area contributed by atoms with Crippen molar-refractivity contribution >= 4 is 23.0 Å².